The van der Waals surface area contributed by atoms with Gasteiger partial charge in [-0.3, -0.25) is 9.48 Å². The Kier molecular flexibility index (Phi) is 7.01. The van der Waals surface area contributed by atoms with Gasteiger partial charge in [-0.2, -0.15) is 5.10 Å². The van der Waals surface area contributed by atoms with Gasteiger partial charge in [-0.25, -0.2) is 0 Å². The third-order valence-corrected chi connectivity index (χ3v) is 5.12. The van der Waals surface area contributed by atoms with Crippen molar-refractivity contribution in [3.8, 4) is 0 Å². The van der Waals surface area contributed by atoms with Crippen LogP contribution in [0.15, 0.2) is 78.2 Å². The van der Waals surface area contributed by atoms with Crippen molar-refractivity contribution in [2.45, 2.75) is 33.2 Å². The molecule has 1 aliphatic rings. The summed E-state index contributed by atoms with van der Waals surface area (Å²) in [5, 5.41) is 4.14. The molecule has 1 aromatic heterocycles. The van der Waals surface area contributed by atoms with Crippen molar-refractivity contribution in [2.75, 3.05) is 13.1 Å². The second-order valence-corrected chi connectivity index (χ2v) is 7.29. The first-order valence-corrected chi connectivity index (χ1v) is 10.2. The fourth-order valence-corrected chi connectivity index (χ4v) is 3.57. The minimum absolute atomic E-state index is 0.00857. The van der Waals surface area contributed by atoms with E-state index in [0.717, 1.165) is 49.4 Å². The van der Waals surface area contributed by atoms with Gasteiger partial charge in [-0.15, -0.1) is 0 Å². The molecule has 0 saturated heterocycles. The van der Waals surface area contributed by atoms with Crippen molar-refractivity contribution >= 4 is 5.70 Å². The molecule has 0 fully saturated rings. The Hall–Kier alpha value is -3.14. The summed E-state index contributed by atoms with van der Waals surface area (Å²) in [4.78, 5) is 13.8. The summed E-state index contributed by atoms with van der Waals surface area (Å²) >= 11 is 0. The SMILES string of the molecule is C=C1c2c(C)c(=O)cnn2CCN1CCC.c1ccc(Cc2ccccc2)cc1. The van der Waals surface area contributed by atoms with Gasteiger partial charge in [-0.1, -0.05) is 74.2 Å². The van der Waals surface area contributed by atoms with E-state index in [0.29, 0.717) is 0 Å². The second-order valence-electron chi connectivity index (χ2n) is 7.29. The van der Waals surface area contributed by atoms with Crippen LogP contribution >= 0.6 is 0 Å². The normalized spacial score (nSPS) is 12.8. The lowest BCUT2D eigenvalue weighted by Crippen LogP contribution is -2.36. The molecule has 0 unspecified atom stereocenters. The van der Waals surface area contributed by atoms with Crippen molar-refractivity contribution in [2.24, 2.45) is 0 Å². The molecule has 150 valence electrons. The fourth-order valence-electron chi connectivity index (χ4n) is 3.57. The standard InChI is InChI=1S/C13H12.C12H17N3O/c1-3-7-12(8-4-1)11-13-9-5-2-6-10-13;1-4-5-14-6-7-15-12(10(14)3)9(2)11(16)8-13-15/h1-10H,11H2;8H,3-7H2,1-2H3. The maximum Gasteiger partial charge on any atom is 0.203 e. The van der Waals surface area contributed by atoms with Crippen molar-refractivity contribution in [1.29, 1.82) is 0 Å². The first-order valence-electron chi connectivity index (χ1n) is 10.2. The van der Waals surface area contributed by atoms with Gasteiger partial charge < -0.3 is 4.90 Å². The van der Waals surface area contributed by atoms with Crippen LogP contribution in [-0.4, -0.2) is 27.8 Å². The van der Waals surface area contributed by atoms with Crippen LogP contribution in [0.4, 0.5) is 0 Å². The zero-order valence-corrected chi connectivity index (χ0v) is 17.3. The second kappa shape index (κ2) is 9.87. The van der Waals surface area contributed by atoms with Crippen molar-refractivity contribution < 1.29 is 0 Å². The Balaban J connectivity index is 0.000000169. The maximum absolute atomic E-state index is 11.6. The van der Waals surface area contributed by atoms with Gasteiger partial charge in [0, 0.05) is 18.7 Å². The van der Waals surface area contributed by atoms with E-state index in [1.165, 1.54) is 17.3 Å². The molecule has 0 spiro atoms. The van der Waals surface area contributed by atoms with E-state index in [2.05, 4.69) is 84.2 Å². The Morgan fingerprint density at radius 3 is 2.10 bits per heavy atom. The number of aromatic nitrogens is 2. The van der Waals surface area contributed by atoms with E-state index >= 15 is 0 Å². The first-order chi connectivity index (χ1) is 14.1. The lowest BCUT2D eigenvalue weighted by Gasteiger charge is -2.33. The molecule has 2 heterocycles. The Labute approximate surface area is 173 Å². The third-order valence-electron chi connectivity index (χ3n) is 5.12. The minimum Gasteiger partial charge on any atom is -0.368 e. The van der Waals surface area contributed by atoms with Gasteiger partial charge in [-0.05, 0) is 30.9 Å². The average molecular weight is 388 g/mol. The number of benzene rings is 2. The fraction of sp³-hybridized carbons (Fsp3) is 0.280. The zero-order valence-electron chi connectivity index (χ0n) is 17.3. The molecule has 0 amide bonds. The predicted molar refractivity (Wildman–Crippen MR) is 120 cm³/mol. The summed E-state index contributed by atoms with van der Waals surface area (Å²) in [6.45, 7) is 10.8. The van der Waals surface area contributed by atoms with Gasteiger partial charge in [0.15, 0.2) is 0 Å². The number of hydrogen-bond acceptors (Lipinski definition) is 3. The molecule has 1 aliphatic heterocycles. The molecule has 4 nitrogen and oxygen atoms in total. The number of nitrogens with zero attached hydrogens (tertiary/aromatic N) is 3. The Morgan fingerprint density at radius 1 is 0.966 bits per heavy atom. The van der Waals surface area contributed by atoms with E-state index in [1.807, 2.05) is 11.6 Å². The minimum atomic E-state index is -0.00857. The molecule has 29 heavy (non-hydrogen) atoms. The lowest BCUT2D eigenvalue weighted by atomic mass is 10.1. The summed E-state index contributed by atoms with van der Waals surface area (Å²) in [6.07, 6.45) is 3.51. The van der Waals surface area contributed by atoms with Crippen LogP contribution in [0.1, 0.15) is 35.7 Å². The summed E-state index contributed by atoms with van der Waals surface area (Å²) in [7, 11) is 0. The molecule has 0 N–H and O–H groups in total. The molecule has 3 aromatic rings. The highest BCUT2D eigenvalue weighted by molar-refractivity contribution is 5.62. The lowest BCUT2D eigenvalue weighted by molar-refractivity contribution is 0.333. The number of rotatable bonds is 4. The molecule has 0 bridgehead atoms. The van der Waals surface area contributed by atoms with Crippen LogP contribution in [0.2, 0.25) is 0 Å². The molecule has 0 saturated carbocycles. The van der Waals surface area contributed by atoms with Crippen LogP contribution in [0.5, 0.6) is 0 Å². The van der Waals surface area contributed by atoms with Gasteiger partial charge in [0.05, 0.1) is 24.1 Å². The largest absolute Gasteiger partial charge is 0.368 e. The summed E-state index contributed by atoms with van der Waals surface area (Å²) in [6, 6.07) is 21.1. The highest BCUT2D eigenvalue weighted by atomic mass is 16.1. The van der Waals surface area contributed by atoms with Crippen LogP contribution in [0.25, 0.3) is 5.70 Å². The van der Waals surface area contributed by atoms with E-state index in [4.69, 9.17) is 0 Å². The molecular formula is C25H29N3O. The quantitative estimate of drug-likeness (QED) is 0.660. The summed E-state index contributed by atoms with van der Waals surface area (Å²) in [5.41, 5.74) is 5.30. The molecule has 4 heteroatoms. The average Bonchev–Trinajstić information content (AvgIpc) is 2.75. The Bertz CT molecular complexity index is 956. The zero-order chi connectivity index (χ0) is 20.6. The van der Waals surface area contributed by atoms with Crippen molar-refractivity contribution in [1.82, 2.24) is 14.7 Å². The van der Waals surface area contributed by atoms with Gasteiger partial charge in [0.1, 0.15) is 0 Å². The van der Waals surface area contributed by atoms with E-state index in [-0.39, 0.29) is 5.43 Å². The molecule has 2 aromatic carbocycles. The predicted octanol–water partition coefficient (Wildman–Crippen LogP) is 4.53. The summed E-state index contributed by atoms with van der Waals surface area (Å²) in [5.74, 6) is 0. The van der Waals surface area contributed by atoms with Gasteiger partial charge >= 0.3 is 0 Å². The monoisotopic (exact) mass is 387 g/mol. The first kappa shape index (κ1) is 20.6. The van der Waals surface area contributed by atoms with Gasteiger partial charge in [0.25, 0.3) is 0 Å². The smallest absolute Gasteiger partial charge is 0.203 e. The van der Waals surface area contributed by atoms with E-state index in [9.17, 15) is 4.79 Å². The van der Waals surface area contributed by atoms with Crippen LogP contribution < -0.4 is 5.43 Å². The Morgan fingerprint density at radius 2 is 1.55 bits per heavy atom. The number of fused-ring (bicyclic) bond motifs is 1. The van der Waals surface area contributed by atoms with Crippen LogP contribution in [0.3, 0.4) is 0 Å². The van der Waals surface area contributed by atoms with Crippen molar-refractivity contribution in [3.63, 3.8) is 0 Å². The molecular weight excluding hydrogens is 358 g/mol. The van der Waals surface area contributed by atoms with Crippen LogP contribution in [0, 0.1) is 6.92 Å². The van der Waals surface area contributed by atoms with Crippen molar-refractivity contribution in [3.05, 3.63) is 106 Å². The van der Waals surface area contributed by atoms with E-state index in [1.54, 1.807) is 0 Å². The highest BCUT2D eigenvalue weighted by Gasteiger charge is 2.21. The topological polar surface area (TPSA) is 38.1 Å². The third kappa shape index (κ3) is 5.23. The highest BCUT2D eigenvalue weighted by Crippen LogP contribution is 2.22. The molecule has 4 rings (SSSR count). The molecule has 0 atom stereocenters. The van der Waals surface area contributed by atoms with Crippen LogP contribution in [-0.2, 0) is 13.0 Å². The maximum atomic E-state index is 11.6. The summed E-state index contributed by atoms with van der Waals surface area (Å²) < 4.78 is 1.88. The molecule has 0 radical (unpaired) electrons. The molecule has 0 aliphatic carbocycles. The number of hydrogen-bond donors (Lipinski definition) is 0. The van der Waals surface area contributed by atoms with E-state index < -0.39 is 0 Å². The van der Waals surface area contributed by atoms with Gasteiger partial charge in [0.2, 0.25) is 5.43 Å².